The van der Waals surface area contributed by atoms with E-state index in [2.05, 4.69) is 0 Å². The smallest absolute Gasteiger partial charge is 0.163 e. The Kier molecular flexibility index (Phi) is 5.51. The van der Waals surface area contributed by atoms with Crippen LogP contribution in [0.15, 0.2) is 12.1 Å². The molecule has 0 saturated carbocycles. The average Bonchev–Trinajstić information content (AvgIpc) is 2.31. The number of hydrogen-bond acceptors (Lipinski definition) is 2. The molecule has 2 nitrogen and oxygen atoms in total. The van der Waals surface area contributed by atoms with Crippen molar-refractivity contribution in [2.75, 3.05) is 13.2 Å². The van der Waals surface area contributed by atoms with Crippen molar-refractivity contribution in [3.63, 3.8) is 0 Å². The number of ether oxygens (including phenoxy) is 1. The number of hydrogen-bond donors (Lipinski definition) is 1. The van der Waals surface area contributed by atoms with Crippen LogP contribution < -0.4 is 5.73 Å². The quantitative estimate of drug-likeness (QED) is 0.779. The van der Waals surface area contributed by atoms with Crippen LogP contribution in [0.1, 0.15) is 36.9 Å². The zero-order valence-electron chi connectivity index (χ0n) is 10.3. The Morgan fingerprint density at radius 3 is 2.65 bits per heavy atom. The Morgan fingerprint density at radius 1 is 1.29 bits per heavy atom. The standard InChI is InChI=1S/C13H19F2NO/c1-3-17-8-4-5-11(16)10-7-6-9(2)12(14)13(10)15/h6-7,11H,3-5,8,16H2,1-2H3. The summed E-state index contributed by atoms with van der Waals surface area (Å²) in [5, 5.41) is 0. The summed E-state index contributed by atoms with van der Waals surface area (Å²) in [7, 11) is 0. The number of nitrogens with two attached hydrogens (primary N) is 1. The Balaban J connectivity index is 2.63. The highest BCUT2D eigenvalue weighted by Crippen LogP contribution is 2.23. The molecule has 1 atom stereocenters. The highest BCUT2D eigenvalue weighted by atomic mass is 19.2. The molecule has 0 bridgehead atoms. The zero-order chi connectivity index (χ0) is 12.8. The van der Waals surface area contributed by atoms with Crippen molar-refractivity contribution < 1.29 is 13.5 Å². The topological polar surface area (TPSA) is 35.2 Å². The van der Waals surface area contributed by atoms with E-state index in [1.807, 2.05) is 6.92 Å². The van der Waals surface area contributed by atoms with E-state index in [4.69, 9.17) is 10.5 Å². The second-order valence-electron chi connectivity index (χ2n) is 4.05. The first-order chi connectivity index (χ1) is 8.07. The van der Waals surface area contributed by atoms with E-state index in [0.717, 1.165) is 6.42 Å². The molecule has 0 fully saturated rings. The SMILES string of the molecule is CCOCCCC(N)c1ccc(C)c(F)c1F. The van der Waals surface area contributed by atoms with Crippen LogP contribution in [-0.2, 0) is 4.74 Å². The summed E-state index contributed by atoms with van der Waals surface area (Å²) in [4.78, 5) is 0. The minimum Gasteiger partial charge on any atom is -0.382 e. The molecule has 1 aromatic rings. The number of benzene rings is 1. The van der Waals surface area contributed by atoms with Gasteiger partial charge in [0.15, 0.2) is 11.6 Å². The molecule has 17 heavy (non-hydrogen) atoms. The van der Waals surface area contributed by atoms with Gasteiger partial charge in [0, 0.05) is 24.8 Å². The van der Waals surface area contributed by atoms with Gasteiger partial charge in [0.1, 0.15) is 0 Å². The van der Waals surface area contributed by atoms with Crippen molar-refractivity contribution >= 4 is 0 Å². The van der Waals surface area contributed by atoms with Crippen LogP contribution in [0.25, 0.3) is 0 Å². The molecule has 1 unspecified atom stereocenters. The molecule has 0 heterocycles. The van der Waals surface area contributed by atoms with Gasteiger partial charge in [-0.3, -0.25) is 0 Å². The van der Waals surface area contributed by atoms with E-state index < -0.39 is 17.7 Å². The Hall–Kier alpha value is -1.00. The lowest BCUT2D eigenvalue weighted by Gasteiger charge is -2.14. The van der Waals surface area contributed by atoms with Gasteiger partial charge in [0.25, 0.3) is 0 Å². The summed E-state index contributed by atoms with van der Waals surface area (Å²) < 4.78 is 32.1. The Morgan fingerprint density at radius 2 is 2.00 bits per heavy atom. The van der Waals surface area contributed by atoms with E-state index in [9.17, 15) is 8.78 Å². The lowest BCUT2D eigenvalue weighted by atomic mass is 10.0. The van der Waals surface area contributed by atoms with Gasteiger partial charge in [-0.25, -0.2) is 8.78 Å². The van der Waals surface area contributed by atoms with Gasteiger partial charge in [-0.1, -0.05) is 12.1 Å². The first kappa shape index (κ1) is 14.1. The Bertz CT molecular complexity index is 369. The Labute approximate surface area is 101 Å². The van der Waals surface area contributed by atoms with Crippen molar-refractivity contribution in [2.45, 2.75) is 32.7 Å². The van der Waals surface area contributed by atoms with E-state index >= 15 is 0 Å². The summed E-state index contributed by atoms with van der Waals surface area (Å²) in [6.07, 6.45) is 1.32. The van der Waals surface area contributed by atoms with Crippen molar-refractivity contribution in [1.82, 2.24) is 0 Å². The maximum Gasteiger partial charge on any atom is 0.163 e. The average molecular weight is 243 g/mol. The molecule has 2 N–H and O–H groups in total. The minimum absolute atomic E-state index is 0.240. The summed E-state index contributed by atoms with van der Waals surface area (Å²) >= 11 is 0. The van der Waals surface area contributed by atoms with Gasteiger partial charge >= 0.3 is 0 Å². The van der Waals surface area contributed by atoms with Gasteiger partial charge in [-0.05, 0) is 32.3 Å². The first-order valence-corrected chi connectivity index (χ1v) is 5.85. The van der Waals surface area contributed by atoms with E-state index in [-0.39, 0.29) is 5.56 Å². The van der Waals surface area contributed by atoms with Crippen LogP contribution in [0.3, 0.4) is 0 Å². The van der Waals surface area contributed by atoms with Gasteiger partial charge in [0.2, 0.25) is 0 Å². The fraction of sp³-hybridized carbons (Fsp3) is 0.538. The van der Waals surface area contributed by atoms with Crippen LogP contribution in [0.5, 0.6) is 0 Å². The molecule has 4 heteroatoms. The molecule has 0 amide bonds. The number of halogens is 2. The largest absolute Gasteiger partial charge is 0.382 e. The molecule has 1 rings (SSSR count). The van der Waals surface area contributed by atoms with Crippen LogP contribution in [0.2, 0.25) is 0 Å². The van der Waals surface area contributed by atoms with Crippen LogP contribution >= 0.6 is 0 Å². The lowest BCUT2D eigenvalue weighted by Crippen LogP contribution is -2.14. The fourth-order valence-corrected chi connectivity index (χ4v) is 1.65. The van der Waals surface area contributed by atoms with Crippen molar-refractivity contribution in [3.05, 3.63) is 34.9 Å². The van der Waals surface area contributed by atoms with Gasteiger partial charge in [-0.2, -0.15) is 0 Å². The molecule has 0 spiro atoms. The third-order valence-electron chi connectivity index (χ3n) is 2.71. The molecule has 0 radical (unpaired) electrons. The predicted molar refractivity (Wildman–Crippen MR) is 63.8 cm³/mol. The highest BCUT2D eigenvalue weighted by molar-refractivity contribution is 5.27. The molecule has 0 aliphatic rings. The van der Waals surface area contributed by atoms with Gasteiger partial charge < -0.3 is 10.5 Å². The van der Waals surface area contributed by atoms with Gasteiger partial charge in [0.05, 0.1) is 0 Å². The maximum absolute atomic E-state index is 13.6. The van der Waals surface area contributed by atoms with E-state index in [1.54, 1.807) is 12.1 Å². The lowest BCUT2D eigenvalue weighted by molar-refractivity contribution is 0.142. The summed E-state index contributed by atoms with van der Waals surface area (Å²) in [5.74, 6) is -1.63. The second kappa shape index (κ2) is 6.67. The van der Waals surface area contributed by atoms with Crippen LogP contribution in [0, 0.1) is 18.6 Å². The summed E-state index contributed by atoms with van der Waals surface area (Å²) in [6.45, 7) is 4.70. The second-order valence-corrected chi connectivity index (χ2v) is 4.05. The molecule has 1 aromatic carbocycles. The van der Waals surface area contributed by atoms with Crippen molar-refractivity contribution in [3.8, 4) is 0 Å². The minimum atomic E-state index is -0.825. The maximum atomic E-state index is 13.6. The molecule has 0 aliphatic carbocycles. The number of rotatable bonds is 6. The van der Waals surface area contributed by atoms with Crippen molar-refractivity contribution in [2.24, 2.45) is 5.73 Å². The van der Waals surface area contributed by atoms with Crippen molar-refractivity contribution in [1.29, 1.82) is 0 Å². The summed E-state index contributed by atoms with van der Waals surface area (Å²) in [6, 6.07) is 2.63. The third-order valence-corrected chi connectivity index (χ3v) is 2.71. The predicted octanol–water partition coefficient (Wildman–Crippen LogP) is 3.09. The van der Waals surface area contributed by atoms with Crippen LogP contribution in [0.4, 0.5) is 8.78 Å². The first-order valence-electron chi connectivity index (χ1n) is 5.85. The van der Waals surface area contributed by atoms with Gasteiger partial charge in [-0.15, -0.1) is 0 Å². The van der Waals surface area contributed by atoms with Crippen LogP contribution in [-0.4, -0.2) is 13.2 Å². The normalized spacial score (nSPS) is 12.8. The number of aryl methyl sites for hydroxylation is 1. The summed E-state index contributed by atoms with van der Waals surface area (Å²) in [5.41, 5.74) is 6.37. The van der Waals surface area contributed by atoms with E-state index in [1.165, 1.54) is 6.92 Å². The molecular formula is C13H19F2NO. The monoisotopic (exact) mass is 243 g/mol. The molecule has 0 saturated heterocycles. The van der Waals surface area contributed by atoms with E-state index in [0.29, 0.717) is 25.2 Å². The third kappa shape index (κ3) is 3.75. The highest BCUT2D eigenvalue weighted by Gasteiger charge is 2.16. The molecular weight excluding hydrogens is 224 g/mol. The fourth-order valence-electron chi connectivity index (χ4n) is 1.65. The molecule has 0 aliphatic heterocycles. The molecule has 96 valence electrons. The molecule has 0 aromatic heterocycles. The zero-order valence-corrected chi connectivity index (χ0v) is 10.3.